The van der Waals surface area contributed by atoms with Crippen LogP contribution < -0.4 is 0 Å². The largest absolute Gasteiger partial charge is 0.468 e. The lowest BCUT2D eigenvalue weighted by Crippen LogP contribution is -2.18. The van der Waals surface area contributed by atoms with E-state index in [1.165, 1.54) is 32.4 Å². The Hall–Kier alpha value is -2.24. The van der Waals surface area contributed by atoms with Crippen molar-refractivity contribution in [3.8, 4) is 11.4 Å². The number of aryl methyl sites for hydroxylation is 1. The zero-order valence-corrected chi connectivity index (χ0v) is 14.1. The predicted octanol–water partition coefficient (Wildman–Crippen LogP) is 3.61. The van der Waals surface area contributed by atoms with Crippen LogP contribution in [0.3, 0.4) is 0 Å². The molecule has 1 saturated carbocycles. The number of aromatic nitrogens is 3. The van der Waals surface area contributed by atoms with Crippen LogP contribution in [0.1, 0.15) is 49.4 Å². The molecule has 1 aliphatic carbocycles. The molecule has 3 rings (SSSR count). The van der Waals surface area contributed by atoms with E-state index >= 15 is 0 Å². The molecular weight excluding hydrogens is 309 g/mol. The fourth-order valence-corrected chi connectivity index (χ4v) is 3.23. The lowest BCUT2D eigenvalue weighted by atomic mass is 9.88. The van der Waals surface area contributed by atoms with Crippen molar-refractivity contribution in [1.29, 1.82) is 0 Å². The SMILES string of the molecule is COC(=O)Cn1nc(-c2ccc(F)c(C)c2)nc1C1CCCCC1. The number of carbonyl (C=O) groups excluding carboxylic acids is 1. The molecule has 1 aromatic heterocycles. The van der Waals surface area contributed by atoms with Gasteiger partial charge in [0.15, 0.2) is 5.82 Å². The molecule has 0 N–H and O–H groups in total. The third-order valence-corrected chi connectivity index (χ3v) is 4.59. The second-order valence-corrected chi connectivity index (χ2v) is 6.33. The first kappa shape index (κ1) is 16.6. The second kappa shape index (κ2) is 7.11. The third-order valence-electron chi connectivity index (χ3n) is 4.59. The highest BCUT2D eigenvalue weighted by molar-refractivity contribution is 5.69. The molecule has 2 aromatic rings. The van der Waals surface area contributed by atoms with Crippen LogP contribution >= 0.6 is 0 Å². The van der Waals surface area contributed by atoms with E-state index in [9.17, 15) is 9.18 Å². The van der Waals surface area contributed by atoms with Crippen molar-refractivity contribution in [2.45, 2.75) is 51.5 Å². The Balaban J connectivity index is 1.97. The van der Waals surface area contributed by atoms with Gasteiger partial charge in [0, 0.05) is 11.5 Å². The van der Waals surface area contributed by atoms with E-state index in [1.807, 2.05) is 0 Å². The van der Waals surface area contributed by atoms with Crippen LogP contribution in [0.4, 0.5) is 4.39 Å². The minimum Gasteiger partial charge on any atom is -0.468 e. The van der Waals surface area contributed by atoms with Crippen LogP contribution in [-0.2, 0) is 16.1 Å². The standard InChI is InChI=1S/C18H22FN3O2/c1-12-10-14(8-9-15(12)19)17-20-18(13-6-4-3-5-7-13)22(21-17)11-16(23)24-2/h8-10,13H,3-7,11H2,1-2H3. The maximum Gasteiger partial charge on any atom is 0.327 e. The number of hydrogen-bond acceptors (Lipinski definition) is 4. The molecular formula is C18H22FN3O2. The summed E-state index contributed by atoms with van der Waals surface area (Å²) in [5.74, 6) is 1.07. The summed E-state index contributed by atoms with van der Waals surface area (Å²) in [6.07, 6.45) is 5.69. The van der Waals surface area contributed by atoms with Gasteiger partial charge in [0.25, 0.3) is 0 Å². The summed E-state index contributed by atoms with van der Waals surface area (Å²) in [6.45, 7) is 1.77. The molecule has 0 atom stereocenters. The van der Waals surface area contributed by atoms with E-state index < -0.39 is 0 Å². The van der Waals surface area contributed by atoms with E-state index in [0.717, 1.165) is 24.2 Å². The van der Waals surface area contributed by atoms with Gasteiger partial charge in [-0.25, -0.2) is 14.1 Å². The summed E-state index contributed by atoms with van der Waals surface area (Å²) in [7, 11) is 1.36. The van der Waals surface area contributed by atoms with Gasteiger partial charge in [0.1, 0.15) is 18.2 Å². The average Bonchev–Trinajstić information content (AvgIpc) is 3.01. The average molecular weight is 331 g/mol. The molecule has 5 nitrogen and oxygen atoms in total. The third kappa shape index (κ3) is 3.47. The molecule has 1 aromatic carbocycles. The Labute approximate surface area is 140 Å². The van der Waals surface area contributed by atoms with Crippen LogP contribution in [0.2, 0.25) is 0 Å². The van der Waals surface area contributed by atoms with Crippen LogP contribution in [0, 0.1) is 12.7 Å². The first-order valence-electron chi connectivity index (χ1n) is 8.36. The van der Waals surface area contributed by atoms with Crippen LogP contribution in [0.15, 0.2) is 18.2 Å². The monoisotopic (exact) mass is 331 g/mol. The van der Waals surface area contributed by atoms with Crippen LogP contribution in [0.25, 0.3) is 11.4 Å². The molecule has 0 aliphatic heterocycles. The first-order chi connectivity index (χ1) is 11.6. The summed E-state index contributed by atoms with van der Waals surface area (Å²) in [5, 5.41) is 4.50. The Morgan fingerprint density at radius 3 is 2.75 bits per heavy atom. The van der Waals surface area contributed by atoms with E-state index in [-0.39, 0.29) is 18.3 Å². The molecule has 0 saturated heterocycles. The van der Waals surface area contributed by atoms with Crippen molar-refractivity contribution in [2.75, 3.05) is 7.11 Å². The molecule has 1 aliphatic rings. The van der Waals surface area contributed by atoms with E-state index in [1.54, 1.807) is 23.7 Å². The van der Waals surface area contributed by atoms with Crippen molar-refractivity contribution in [1.82, 2.24) is 14.8 Å². The molecule has 0 radical (unpaired) electrons. The van der Waals surface area contributed by atoms with Gasteiger partial charge in [0.2, 0.25) is 0 Å². The van der Waals surface area contributed by atoms with Crippen LogP contribution in [-0.4, -0.2) is 27.8 Å². The van der Waals surface area contributed by atoms with Crippen molar-refractivity contribution in [3.05, 3.63) is 35.4 Å². The number of carbonyl (C=O) groups is 1. The molecule has 0 unspecified atom stereocenters. The maximum atomic E-state index is 13.5. The topological polar surface area (TPSA) is 57.0 Å². The summed E-state index contributed by atoms with van der Waals surface area (Å²) in [4.78, 5) is 16.4. The van der Waals surface area contributed by atoms with Gasteiger partial charge in [-0.05, 0) is 43.5 Å². The number of esters is 1. The Morgan fingerprint density at radius 2 is 2.08 bits per heavy atom. The van der Waals surface area contributed by atoms with Gasteiger partial charge >= 0.3 is 5.97 Å². The molecule has 1 fully saturated rings. The highest BCUT2D eigenvalue weighted by Gasteiger charge is 2.24. The minimum atomic E-state index is -0.348. The van der Waals surface area contributed by atoms with Gasteiger partial charge < -0.3 is 4.74 Å². The normalized spacial score (nSPS) is 15.5. The first-order valence-corrected chi connectivity index (χ1v) is 8.36. The molecule has 0 spiro atoms. The van der Waals surface area contributed by atoms with Crippen LogP contribution in [0.5, 0.6) is 0 Å². The zero-order chi connectivity index (χ0) is 17.1. The summed E-state index contributed by atoms with van der Waals surface area (Å²) >= 11 is 0. The summed E-state index contributed by atoms with van der Waals surface area (Å²) in [6, 6.07) is 4.83. The number of methoxy groups -OCH3 is 1. The maximum absolute atomic E-state index is 13.5. The smallest absolute Gasteiger partial charge is 0.327 e. The number of benzene rings is 1. The van der Waals surface area contributed by atoms with Crippen molar-refractivity contribution in [2.24, 2.45) is 0 Å². The lowest BCUT2D eigenvalue weighted by Gasteiger charge is -2.20. The van der Waals surface area contributed by atoms with Gasteiger partial charge in [-0.1, -0.05) is 19.3 Å². The van der Waals surface area contributed by atoms with Gasteiger partial charge in [-0.3, -0.25) is 4.79 Å². The van der Waals surface area contributed by atoms with E-state index in [2.05, 4.69) is 10.1 Å². The predicted molar refractivity (Wildman–Crippen MR) is 88.0 cm³/mol. The minimum absolute atomic E-state index is 0.0511. The molecule has 24 heavy (non-hydrogen) atoms. The molecule has 0 bridgehead atoms. The van der Waals surface area contributed by atoms with Crippen molar-refractivity contribution >= 4 is 5.97 Å². The molecule has 6 heteroatoms. The van der Waals surface area contributed by atoms with Gasteiger partial charge in [0.05, 0.1) is 7.11 Å². The summed E-state index contributed by atoms with van der Waals surface area (Å²) < 4.78 is 19.9. The van der Waals surface area contributed by atoms with Gasteiger partial charge in [-0.15, -0.1) is 0 Å². The number of hydrogen-bond donors (Lipinski definition) is 0. The Kier molecular flexibility index (Phi) is 4.92. The van der Waals surface area contributed by atoms with Crippen molar-refractivity contribution < 1.29 is 13.9 Å². The summed E-state index contributed by atoms with van der Waals surface area (Å²) in [5.41, 5.74) is 1.31. The number of ether oxygens (including phenoxy) is 1. The van der Waals surface area contributed by atoms with Crippen molar-refractivity contribution in [3.63, 3.8) is 0 Å². The van der Waals surface area contributed by atoms with E-state index in [0.29, 0.717) is 17.3 Å². The molecule has 1 heterocycles. The fraction of sp³-hybridized carbons (Fsp3) is 0.500. The number of rotatable bonds is 4. The number of nitrogens with zero attached hydrogens (tertiary/aromatic N) is 3. The quantitative estimate of drug-likeness (QED) is 0.803. The fourth-order valence-electron chi connectivity index (χ4n) is 3.23. The van der Waals surface area contributed by atoms with E-state index in [4.69, 9.17) is 4.74 Å². The molecule has 0 amide bonds. The highest BCUT2D eigenvalue weighted by atomic mass is 19.1. The Bertz CT molecular complexity index is 736. The number of halogens is 1. The molecule has 128 valence electrons. The second-order valence-electron chi connectivity index (χ2n) is 6.33. The highest BCUT2D eigenvalue weighted by Crippen LogP contribution is 2.33. The lowest BCUT2D eigenvalue weighted by molar-refractivity contribution is -0.141. The van der Waals surface area contributed by atoms with Gasteiger partial charge in [-0.2, -0.15) is 5.10 Å². The zero-order valence-electron chi connectivity index (χ0n) is 14.1. The Morgan fingerprint density at radius 1 is 1.33 bits per heavy atom.